The van der Waals surface area contributed by atoms with Crippen LogP contribution in [0.1, 0.15) is 107 Å². The number of hydrogen-bond donors (Lipinski definition) is 3. The maximum Gasteiger partial charge on any atom is 0.420 e. The number of carbonyl (C=O) groups is 4. The molecule has 7 heterocycles. The van der Waals surface area contributed by atoms with Crippen LogP contribution in [0, 0.1) is 5.92 Å². The van der Waals surface area contributed by atoms with E-state index in [-0.39, 0.29) is 53.4 Å². The summed E-state index contributed by atoms with van der Waals surface area (Å²) in [5.74, 6) is -1.63. The van der Waals surface area contributed by atoms with Gasteiger partial charge in [0.1, 0.15) is 22.6 Å². The molecule has 16 nitrogen and oxygen atoms in total. The van der Waals surface area contributed by atoms with Gasteiger partial charge in [-0.2, -0.15) is 18.3 Å². The number of hydrogen-bond acceptors (Lipinski definition) is 13. The van der Waals surface area contributed by atoms with E-state index >= 15 is 13.2 Å². The van der Waals surface area contributed by atoms with Gasteiger partial charge < -0.3 is 19.6 Å². The van der Waals surface area contributed by atoms with E-state index in [1.807, 2.05) is 54.4 Å². The summed E-state index contributed by atoms with van der Waals surface area (Å²) in [6.45, 7) is 4.99. The van der Waals surface area contributed by atoms with Gasteiger partial charge in [-0.05, 0) is 111 Å². The first-order valence-electron chi connectivity index (χ1n) is 26.0. The number of alkyl halides is 3. The lowest BCUT2D eigenvalue weighted by molar-refractivity contribution is -0.139. The van der Waals surface area contributed by atoms with Crippen LogP contribution in [0.25, 0.3) is 32.2 Å². The largest absolute Gasteiger partial charge is 0.490 e. The van der Waals surface area contributed by atoms with Crippen LogP contribution in [-0.4, -0.2) is 104 Å². The van der Waals surface area contributed by atoms with Crippen molar-refractivity contribution >= 4 is 72.9 Å². The predicted molar refractivity (Wildman–Crippen MR) is 283 cm³/mol. The SMILES string of the molecule is Cn1nc(C2CCC(=O)NC2=O)c2ccnc(N3CCN(CCCCC4CCC(Oc5cccc(-c6ccc(N7CCc8cccc(C(=O)Nc9nc%10ccccc%10s9)c8C7)nc6C(=O)O)c5C(F)(F)F)CC4)CC3)c21. The van der Waals surface area contributed by atoms with Gasteiger partial charge in [0, 0.05) is 81.0 Å². The van der Waals surface area contributed by atoms with Crippen molar-refractivity contribution in [3.8, 4) is 16.9 Å². The minimum absolute atomic E-state index is 0.172. The van der Waals surface area contributed by atoms with E-state index in [4.69, 9.17) is 14.8 Å². The normalized spacial score (nSPS) is 19.4. The highest BCUT2D eigenvalue weighted by Gasteiger charge is 2.40. The molecule has 394 valence electrons. The molecular formula is C56H57F3N10O6S. The topological polar surface area (TPSA) is 188 Å². The molecule has 76 heavy (non-hydrogen) atoms. The Balaban J connectivity index is 0.686. The third-order valence-corrected chi connectivity index (χ3v) is 16.4. The highest BCUT2D eigenvalue weighted by atomic mass is 32.1. The number of piperidine rings is 1. The maximum atomic E-state index is 15.2. The number of amides is 3. The number of aromatic carboxylic acids is 1. The number of unbranched alkanes of at least 4 members (excludes halogenated alkanes) is 1. The standard InChI is InChI=1S/C56H57F3N10O6S/c1-66-50-39(48(65-66)40-20-22-46(70)63-53(40)72)23-25-60-51(50)68-30-28-67(29-31-68)26-5-4-8-33-15-17-35(18-16-33)75-43-13-7-10-36(47(43)56(57,58)59)37-19-21-45(62-49(37)54(73)74)69-27-24-34-9-6-11-38(41(34)32-69)52(71)64-55-61-42-12-2-3-14-44(42)76-55/h2-3,6-7,9-14,19,21,23,25,33,35,40H,4-5,8,15-18,20,22,24,26-32H2,1H3,(H,73,74)(H,61,64,71)(H,63,70,72). The number of fused-ring (bicyclic) bond motifs is 3. The Morgan fingerprint density at radius 1 is 0.855 bits per heavy atom. The van der Waals surface area contributed by atoms with Crippen LogP contribution in [0.4, 0.5) is 29.9 Å². The quantitative estimate of drug-likeness (QED) is 0.0691. The Morgan fingerprint density at radius 2 is 1.66 bits per heavy atom. The third-order valence-electron chi connectivity index (χ3n) is 15.5. The molecule has 0 radical (unpaired) electrons. The van der Waals surface area contributed by atoms with E-state index in [1.165, 1.54) is 35.6 Å². The molecule has 7 aromatic rings. The third kappa shape index (κ3) is 10.4. The number of aryl methyl sites for hydroxylation is 1. The van der Waals surface area contributed by atoms with Gasteiger partial charge in [0.05, 0.1) is 27.9 Å². The smallest absolute Gasteiger partial charge is 0.420 e. The molecule has 3 aromatic carbocycles. The molecule has 3 fully saturated rings. The summed E-state index contributed by atoms with van der Waals surface area (Å²) < 4.78 is 54.5. The number of piperazine rings is 1. The summed E-state index contributed by atoms with van der Waals surface area (Å²) in [6, 6.07) is 22.0. The number of carbonyl (C=O) groups excluding carboxylic acids is 3. The number of pyridine rings is 2. The predicted octanol–water partition coefficient (Wildman–Crippen LogP) is 9.62. The van der Waals surface area contributed by atoms with Crippen molar-refractivity contribution in [1.29, 1.82) is 0 Å². The molecule has 0 bridgehead atoms. The van der Waals surface area contributed by atoms with Crippen LogP contribution >= 0.6 is 11.3 Å². The molecular weight excluding hydrogens is 998 g/mol. The lowest BCUT2D eigenvalue weighted by atomic mass is 9.84. The van der Waals surface area contributed by atoms with Crippen molar-refractivity contribution in [3.05, 3.63) is 119 Å². The summed E-state index contributed by atoms with van der Waals surface area (Å²) in [5.41, 5.74) is 2.43. The van der Waals surface area contributed by atoms with E-state index in [2.05, 4.69) is 30.4 Å². The Labute approximate surface area is 440 Å². The first kappa shape index (κ1) is 50.7. The van der Waals surface area contributed by atoms with Crippen molar-refractivity contribution in [2.45, 2.75) is 89.0 Å². The van der Waals surface area contributed by atoms with Gasteiger partial charge in [-0.25, -0.2) is 19.7 Å². The number of halogens is 3. The van der Waals surface area contributed by atoms with Gasteiger partial charge in [0.2, 0.25) is 11.8 Å². The Kier molecular flexibility index (Phi) is 14.2. The number of carboxylic acid groups (broad SMARTS) is 1. The van der Waals surface area contributed by atoms with E-state index < -0.39 is 35.4 Å². The minimum Gasteiger partial charge on any atom is -0.490 e. The number of rotatable bonds is 14. The molecule has 20 heteroatoms. The lowest BCUT2D eigenvalue weighted by Crippen LogP contribution is -2.47. The van der Waals surface area contributed by atoms with E-state index in [0.29, 0.717) is 54.5 Å². The number of ether oxygens (including phenoxy) is 1. The molecule has 0 spiro atoms. The number of carboxylic acids is 1. The zero-order valence-corrected chi connectivity index (χ0v) is 42.8. The number of nitrogens with zero attached hydrogens (tertiary/aromatic N) is 8. The fraction of sp³-hybridized carbons (Fsp3) is 0.393. The van der Waals surface area contributed by atoms with E-state index in [9.17, 15) is 24.3 Å². The fourth-order valence-electron chi connectivity index (χ4n) is 11.6. The number of thiazole rings is 1. The van der Waals surface area contributed by atoms with Crippen LogP contribution in [0.2, 0.25) is 0 Å². The maximum absolute atomic E-state index is 15.2. The van der Waals surface area contributed by atoms with Crippen molar-refractivity contribution in [3.63, 3.8) is 0 Å². The first-order valence-corrected chi connectivity index (χ1v) is 26.8. The zero-order chi connectivity index (χ0) is 52.7. The summed E-state index contributed by atoms with van der Waals surface area (Å²) in [7, 11) is 1.86. The van der Waals surface area contributed by atoms with E-state index in [0.717, 1.165) is 103 Å². The molecule has 3 amide bonds. The number of imide groups is 1. The highest BCUT2D eigenvalue weighted by molar-refractivity contribution is 7.22. The molecule has 1 unspecified atom stereocenters. The molecule has 1 aliphatic carbocycles. The Morgan fingerprint density at radius 3 is 2.43 bits per heavy atom. The highest BCUT2D eigenvalue weighted by Crippen LogP contribution is 2.45. The van der Waals surface area contributed by atoms with Gasteiger partial charge in [0.25, 0.3) is 5.91 Å². The monoisotopic (exact) mass is 1050 g/mol. The van der Waals surface area contributed by atoms with Crippen LogP contribution in [0.15, 0.2) is 85.1 Å². The molecule has 1 atom stereocenters. The van der Waals surface area contributed by atoms with Crippen molar-refractivity contribution < 1.29 is 42.2 Å². The average Bonchev–Trinajstić information content (AvgIpc) is 4.04. The van der Waals surface area contributed by atoms with Crippen LogP contribution in [0.5, 0.6) is 5.75 Å². The number of nitrogens with one attached hydrogen (secondary N) is 2. The molecule has 3 N–H and O–H groups in total. The molecule has 1 saturated carbocycles. The Bertz CT molecular complexity index is 3330. The van der Waals surface area contributed by atoms with Crippen LogP contribution < -0.4 is 25.2 Å². The van der Waals surface area contributed by atoms with Gasteiger partial charge >= 0.3 is 12.1 Å². The van der Waals surface area contributed by atoms with Gasteiger partial charge in [-0.15, -0.1) is 0 Å². The van der Waals surface area contributed by atoms with Crippen molar-refractivity contribution in [2.75, 3.05) is 54.4 Å². The van der Waals surface area contributed by atoms with Gasteiger partial charge in [-0.1, -0.05) is 60.6 Å². The second kappa shape index (κ2) is 21.3. The number of benzene rings is 3. The summed E-state index contributed by atoms with van der Waals surface area (Å²) in [4.78, 5) is 71.3. The summed E-state index contributed by atoms with van der Waals surface area (Å²) >= 11 is 1.37. The summed E-state index contributed by atoms with van der Waals surface area (Å²) in [5, 5.41) is 21.9. The average molecular weight is 1060 g/mol. The Hall–Kier alpha value is -7.45. The summed E-state index contributed by atoms with van der Waals surface area (Å²) in [6.07, 6.45) is 3.74. The number of aromatic nitrogens is 5. The molecule has 11 rings (SSSR count). The van der Waals surface area contributed by atoms with Crippen LogP contribution in [-0.2, 0) is 35.8 Å². The van der Waals surface area contributed by atoms with Gasteiger partial charge in [-0.3, -0.25) is 34.6 Å². The molecule has 4 aliphatic rings. The van der Waals surface area contributed by atoms with Crippen LogP contribution in [0.3, 0.4) is 0 Å². The number of anilines is 3. The van der Waals surface area contributed by atoms with Crippen molar-refractivity contribution in [2.24, 2.45) is 13.0 Å². The lowest BCUT2D eigenvalue weighted by Gasteiger charge is -2.35. The number of para-hydroxylation sites is 1. The van der Waals surface area contributed by atoms with Crippen molar-refractivity contribution in [1.82, 2.24) is 34.9 Å². The molecule has 2 saturated heterocycles. The fourth-order valence-corrected chi connectivity index (χ4v) is 12.4. The molecule has 4 aromatic heterocycles. The second-order valence-corrected chi connectivity index (χ2v) is 21.3. The zero-order valence-electron chi connectivity index (χ0n) is 41.9. The first-order chi connectivity index (χ1) is 36.7. The van der Waals surface area contributed by atoms with E-state index in [1.54, 1.807) is 23.0 Å². The second-order valence-electron chi connectivity index (χ2n) is 20.2. The van der Waals surface area contributed by atoms with Gasteiger partial charge in [0.15, 0.2) is 16.6 Å². The minimum atomic E-state index is -4.86. The molecule has 3 aliphatic heterocycles.